The van der Waals surface area contributed by atoms with E-state index in [4.69, 9.17) is 0 Å². The number of thioether (sulfide) groups is 1. The lowest BCUT2D eigenvalue weighted by molar-refractivity contribution is 0.248. The van der Waals surface area contributed by atoms with Crippen molar-refractivity contribution in [3.63, 3.8) is 0 Å². The Bertz CT molecular complexity index is 263. The molecule has 1 saturated carbocycles. The predicted molar refractivity (Wildman–Crippen MR) is 72.2 cm³/mol. The molecule has 0 saturated heterocycles. The van der Waals surface area contributed by atoms with Crippen LogP contribution in [0, 0.1) is 5.92 Å². The van der Waals surface area contributed by atoms with Crippen molar-refractivity contribution in [3.05, 3.63) is 0 Å². The first-order valence-corrected chi connectivity index (χ1v) is 7.28. The van der Waals surface area contributed by atoms with Crippen LogP contribution in [-0.4, -0.2) is 48.0 Å². The van der Waals surface area contributed by atoms with E-state index in [2.05, 4.69) is 36.1 Å². The highest BCUT2D eigenvalue weighted by Gasteiger charge is 2.29. The molecular formula is C12H23N3S. The van der Waals surface area contributed by atoms with E-state index in [0.717, 1.165) is 30.2 Å². The third-order valence-electron chi connectivity index (χ3n) is 3.42. The molecule has 0 radical (unpaired) electrons. The van der Waals surface area contributed by atoms with E-state index in [-0.39, 0.29) is 0 Å². The summed E-state index contributed by atoms with van der Waals surface area (Å²) in [6.07, 6.45) is 2.77. The number of aliphatic imine (C=N–C) groups is 1. The molecule has 4 heteroatoms. The lowest BCUT2D eigenvalue weighted by Gasteiger charge is -2.26. The van der Waals surface area contributed by atoms with Gasteiger partial charge in [-0.2, -0.15) is 0 Å². The minimum atomic E-state index is 0.607. The Kier molecular flexibility index (Phi) is 4.14. The van der Waals surface area contributed by atoms with E-state index in [1.54, 1.807) is 0 Å². The van der Waals surface area contributed by atoms with E-state index in [0.29, 0.717) is 6.04 Å². The van der Waals surface area contributed by atoms with E-state index in [1.807, 2.05) is 11.8 Å². The molecule has 2 atom stereocenters. The monoisotopic (exact) mass is 241 g/mol. The Morgan fingerprint density at radius 3 is 2.88 bits per heavy atom. The fourth-order valence-corrected chi connectivity index (χ4v) is 2.78. The highest BCUT2D eigenvalue weighted by Crippen LogP contribution is 2.26. The van der Waals surface area contributed by atoms with Crippen LogP contribution in [0.5, 0.6) is 0 Å². The number of hydrogen-bond donors (Lipinski definition) is 1. The first kappa shape index (κ1) is 12.2. The Balaban J connectivity index is 1.70. The third kappa shape index (κ3) is 3.39. The lowest BCUT2D eigenvalue weighted by atomic mass is 10.2. The van der Waals surface area contributed by atoms with Crippen molar-refractivity contribution in [2.45, 2.75) is 38.8 Å². The van der Waals surface area contributed by atoms with Crippen molar-refractivity contribution in [2.75, 3.05) is 25.9 Å². The number of amidine groups is 1. The summed E-state index contributed by atoms with van der Waals surface area (Å²) < 4.78 is 0. The van der Waals surface area contributed by atoms with Gasteiger partial charge in [0, 0.05) is 30.9 Å². The van der Waals surface area contributed by atoms with Gasteiger partial charge in [-0.05, 0) is 32.7 Å². The summed E-state index contributed by atoms with van der Waals surface area (Å²) >= 11 is 1.87. The molecule has 1 N–H and O–H groups in total. The number of nitrogens with zero attached hydrogens (tertiary/aromatic N) is 2. The standard InChI is InChI=1S/C12H23N3S/c1-9-6-13-12(16-8-9)14-7-10(2)15(3)11-4-5-11/h9-11H,4-8H2,1-3H3,(H,13,14). The maximum atomic E-state index is 4.55. The molecule has 1 fully saturated rings. The van der Waals surface area contributed by atoms with E-state index in [9.17, 15) is 0 Å². The van der Waals surface area contributed by atoms with Gasteiger partial charge in [-0.25, -0.2) is 0 Å². The second-order valence-corrected chi connectivity index (χ2v) is 6.20. The molecule has 2 unspecified atom stereocenters. The zero-order valence-corrected chi connectivity index (χ0v) is 11.4. The van der Waals surface area contributed by atoms with Crippen LogP contribution in [0.25, 0.3) is 0 Å². The van der Waals surface area contributed by atoms with Crippen molar-refractivity contribution < 1.29 is 0 Å². The molecule has 92 valence electrons. The van der Waals surface area contributed by atoms with Gasteiger partial charge in [0.15, 0.2) is 5.17 Å². The van der Waals surface area contributed by atoms with E-state index < -0.39 is 0 Å². The smallest absolute Gasteiger partial charge is 0.156 e. The van der Waals surface area contributed by atoms with Crippen LogP contribution in [0.15, 0.2) is 4.99 Å². The van der Waals surface area contributed by atoms with Gasteiger partial charge in [0.25, 0.3) is 0 Å². The average Bonchev–Trinajstić information content (AvgIpc) is 3.11. The quantitative estimate of drug-likeness (QED) is 0.813. The molecule has 3 nitrogen and oxygen atoms in total. The molecule has 0 bridgehead atoms. The lowest BCUT2D eigenvalue weighted by Crippen LogP contribution is -2.41. The number of hydrogen-bond acceptors (Lipinski definition) is 4. The summed E-state index contributed by atoms with van der Waals surface area (Å²) in [6, 6.07) is 1.45. The van der Waals surface area contributed by atoms with Gasteiger partial charge < -0.3 is 5.32 Å². The number of nitrogens with one attached hydrogen (secondary N) is 1. The van der Waals surface area contributed by atoms with Gasteiger partial charge in [0.1, 0.15) is 0 Å². The van der Waals surface area contributed by atoms with Gasteiger partial charge in [-0.1, -0.05) is 18.7 Å². The Labute approximate surface area is 103 Å². The summed E-state index contributed by atoms with van der Waals surface area (Å²) in [6.45, 7) is 6.56. The minimum Gasteiger partial charge on any atom is -0.363 e. The molecular weight excluding hydrogens is 218 g/mol. The van der Waals surface area contributed by atoms with Crippen LogP contribution >= 0.6 is 11.8 Å². The second kappa shape index (κ2) is 5.41. The topological polar surface area (TPSA) is 27.6 Å². The highest BCUT2D eigenvalue weighted by molar-refractivity contribution is 8.13. The van der Waals surface area contributed by atoms with E-state index >= 15 is 0 Å². The first-order valence-electron chi connectivity index (χ1n) is 6.30. The summed E-state index contributed by atoms with van der Waals surface area (Å²) in [5.41, 5.74) is 0. The highest BCUT2D eigenvalue weighted by atomic mass is 32.2. The SMILES string of the molecule is CC1CN=C(NCC(C)N(C)C2CC2)SC1. The Morgan fingerprint density at radius 2 is 2.31 bits per heavy atom. The molecule has 1 aliphatic carbocycles. The van der Waals surface area contributed by atoms with Crippen molar-refractivity contribution in [2.24, 2.45) is 10.9 Å². The second-order valence-electron chi connectivity index (χ2n) is 5.19. The normalized spacial score (nSPS) is 27.8. The summed E-state index contributed by atoms with van der Waals surface area (Å²) in [5.74, 6) is 1.95. The fourth-order valence-electron chi connectivity index (χ4n) is 1.89. The molecule has 1 aliphatic heterocycles. The maximum absolute atomic E-state index is 4.55. The van der Waals surface area contributed by atoms with E-state index in [1.165, 1.54) is 18.6 Å². The summed E-state index contributed by atoms with van der Waals surface area (Å²) in [4.78, 5) is 7.04. The molecule has 0 amide bonds. The molecule has 1 heterocycles. The first-order chi connectivity index (χ1) is 7.66. The molecule has 0 aromatic carbocycles. The van der Waals surface area contributed by atoms with Crippen LogP contribution in [-0.2, 0) is 0 Å². The van der Waals surface area contributed by atoms with Gasteiger partial charge in [0.05, 0.1) is 0 Å². The molecule has 0 spiro atoms. The predicted octanol–water partition coefficient (Wildman–Crippen LogP) is 1.80. The Hall–Kier alpha value is -0.220. The zero-order chi connectivity index (χ0) is 11.5. The van der Waals surface area contributed by atoms with Gasteiger partial charge in [-0.3, -0.25) is 9.89 Å². The maximum Gasteiger partial charge on any atom is 0.156 e. The van der Waals surface area contributed by atoms with Crippen LogP contribution in [0.2, 0.25) is 0 Å². The van der Waals surface area contributed by atoms with Gasteiger partial charge >= 0.3 is 0 Å². The number of likely N-dealkylation sites (N-methyl/N-ethyl adjacent to an activating group) is 1. The van der Waals surface area contributed by atoms with Gasteiger partial charge in [0.2, 0.25) is 0 Å². The van der Waals surface area contributed by atoms with Crippen molar-refractivity contribution in [1.29, 1.82) is 0 Å². The zero-order valence-electron chi connectivity index (χ0n) is 10.6. The van der Waals surface area contributed by atoms with Crippen molar-refractivity contribution in [3.8, 4) is 0 Å². The third-order valence-corrected chi connectivity index (χ3v) is 4.70. The fraction of sp³-hybridized carbons (Fsp3) is 0.917. The van der Waals surface area contributed by atoms with Crippen molar-refractivity contribution in [1.82, 2.24) is 10.2 Å². The average molecular weight is 241 g/mol. The van der Waals surface area contributed by atoms with Crippen molar-refractivity contribution >= 4 is 16.9 Å². The molecule has 0 aromatic heterocycles. The summed E-state index contributed by atoms with van der Waals surface area (Å²) in [5, 5.41) is 4.62. The van der Waals surface area contributed by atoms with Gasteiger partial charge in [-0.15, -0.1) is 0 Å². The molecule has 2 rings (SSSR count). The minimum absolute atomic E-state index is 0.607. The Morgan fingerprint density at radius 1 is 1.56 bits per heavy atom. The molecule has 2 aliphatic rings. The largest absolute Gasteiger partial charge is 0.363 e. The molecule has 0 aromatic rings. The number of rotatable bonds is 4. The van der Waals surface area contributed by atoms with Crippen LogP contribution in [0.3, 0.4) is 0 Å². The van der Waals surface area contributed by atoms with Crippen LogP contribution in [0.1, 0.15) is 26.7 Å². The summed E-state index contributed by atoms with van der Waals surface area (Å²) in [7, 11) is 2.24. The molecule has 16 heavy (non-hydrogen) atoms. The van der Waals surface area contributed by atoms with Crippen LogP contribution < -0.4 is 5.32 Å². The van der Waals surface area contributed by atoms with Crippen LogP contribution in [0.4, 0.5) is 0 Å².